The van der Waals surface area contributed by atoms with Crippen molar-refractivity contribution in [3.63, 3.8) is 0 Å². The van der Waals surface area contributed by atoms with Gasteiger partial charge in [-0.3, -0.25) is 4.79 Å². The Bertz CT molecular complexity index is 429. The lowest BCUT2D eigenvalue weighted by atomic mass is 10.0. The molecule has 5 nitrogen and oxygen atoms in total. The molecular weight excluding hydrogens is 322 g/mol. The van der Waals surface area contributed by atoms with Gasteiger partial charge < -0.3 is 20.6 Å². The van der Waals surface area contributed by atoms with Crippen LogP contribution in [0.5, 0.6) is 0 Å². The summed E-state index contributed by atoms with van der Waals surface area (Å²) < 4.78 is 0.779. The average Bonchev–Trinajstić information content (AvgIpc) is 2.36. The molecule has 1 aromatic rings. The largest absolute Gasteiger partial charge is 0.394 e. The summed E-state index contributed by atoms with van der Waals surface area (Å²) in [5.74, 6) is -0.523. The number of aliphatic hydroxyl groups excluding tert-OH is 3. The molecule has 0 bridgehead atoms. The fourth-order valence-electron chi connectivity index (χ4n) is 1.27. The summed E-state index contributed by atoms with van der Waals surface area (Å²) in [6, 6.07) is 4.88. The monoisotopic (exact) mass is 335 g/mol. The number of hydrogen-bond acceptors (Lipinski definition) is 5. The van der Waals surface area contributed by atoms with Crippen molar-refractivity contribution in [1.82, 2.24) is 5.32 Å². The fourth-order valence-corrected chi connectivity index (χ4v) is 2.13. The highest BCUT2D eigenvalue weighted by molar-refractivity contribution is 9.10. The van der Waals surface area contributed by atoms with Crippen molar-refractivity contribution in [2.24, 2.45) is 0 Å². The van der Waals surface area contributed by atoms with E-state index < -0.39 is 31.3 Å². The smallest absolute Gasteiger partial charge is 0.253 e. The van der Waals surface area contributed by atoms with E-state index in [1.165, 1.54) is 0 Å². The molecule has 0 fully saturated rings. The summed E-state index contributed by atoms with van der Waals surface area (Å²) in [6.07, 6.45) is 0. The highest BCUT2D eigenvalue weighted by atomic mass is 79.9. The van der Waals surface area contributed by atoms with Crippen molar-refractivity contribution in [2.45, 2.75) is 10.4 Å². The van der Waals surface area contributed by atoms with Crippen molar-refractivity contribution >= 4 is 34.5 Å². The van der Waals surface area contributed by atoms with Crippen LogP contribution in [0.1, 0.15) is 10.4 Å². The van der Waals surface area contributed by atoms with Gasteiger partial charge in [-0.05, 0) is 18.2 Å². The zero-order chi connectivity index (χ0) is 13.8. The van der Waals surface area contributed by atoms with Gasteiger partial charge >= 0.3 is 0 Å². The average molecular weight is 336 g/mol. The second-order valence-electron chi connectivity index (χ2n) is 3.87. The summed E-state index contributed by atoms with van der Waals surface area (Å²) in [4.78, 5) is 12.4. The topological polar surface area (TPSA) is 89.8 Å². The summed E-state index contributed by atoms with van der Waals surface area (Å²) in [7, 11) is 0. The first-order chi connectivity index (χ1) is 8.48. The van der Waals surface area contributed by atoms with Crippen LogP contribution in [-0.4, -0.2) is 46.6 Å². The zero-order valence-corrected chi connectivity index (χ0v) is 11.9. The molecule has 0 aliphatic heterocycles. The maximum Gasteiger partial charge on any atom is 0.253 e. The maximum absolute atomic E-state index is 12.0. The van der Waals surface area contributed by atoms with E-state index in [-0.39, 0.29) is 0 Å². The molecule has 0 radical (unpaired) electrons. The van der Waals surface area contributed by atoms with E-state index in [1.807, 2.05) is 0 Å². The van der Waals surface area contributed by atoms with Gasteiger partial charge in [0.25, 0.3) is 5.91 Å². The zero-order valence-electron chi connectivity index (χ0n) is 9.43. The van der Waals surface area contributed by atoms with E-state index in [0.29, 0.717) is 10.5 Å². The third-order valence-electron chi connectivity index (χ3n) is 2.49. The van der Waals surface area contributed by atoms with Gasteiger partial charge in [0.1, 0.15) is 5.54 Å². The van der Waals surface area contributed by atoms with Gasteiger partial charge in [0.2, 0.25) is 0 Å². The third-order valence-corrected chi connectivity index (χ3v) is 3.35. The Morgan fingerprint density at radius 1 is 1.28 bits per heavy atom. The number of halogens is 1. The van der Waals surface area contributed by atoms with E-state index in [4.69, 9.17) is 15.3 Å². The minimum Gasteiger partial charge on any atom is -0.394 e. The first-order valence-corrected chi connectivity index (χ1v) is 6.35. The van der Waals surface area contributed by atoms with Crippen molar-refractivity contribution in [2.75, 3.05) is 19.8 Å². The third kappa shape index (κ3) is 3.46. The Morgan fingerprint density at radius 2 is 1.83 bits per heavy atom. The van der Waals surface area contributed by atoms with Crippen LogP contribution < -0.4 is 5.32 Å². The quantitative estimate of drug-likeness (QED) is 0.497. The van der Waals surface area contributed by atoms with Crippen LogP contribution in [0.2, 0.25) is 0 Å². The van der Waals surface area contributed by atoms with Crippen LogP contribution in [0.15, 0.2) is 27.6 Å². The summed E-state index contributed by atoms with van der Waals surface area (Å²) in [6.45, 7) is -1.70. The highest BCUT2D eigenvalue weighted by Gasteiger charge is 2.30. The summed E-state index contributed by atoms with van der Waals surface area (Å²) in [5.41, 5.74) is -1.15. The lowest BCUT2D eigenvalue weighted by molar-refractivity contribution is 0.0374. The molecular formula is C11H14BrNO4S. The van der Waals surface area contributed by atoms with Gasteiger partial charge in [-0.15, -0.1) is 12.6 Å². The molecule has 0 aliphatic rings. The molecule has 0 atom stereocenters. The fraction of sp³-hybridized carbons (Fsp3) is 0.364. The Morgan fingerprint density at radius 3 is 2.28 bits per heavy atom. The number of thiol groups is 1. The number of aliphatic hydroxyl groups is 3. The lowest BCUT2D eigenvalue weighted by Gasteiger charge is -2.28. The van der Waals surface area contributed by atoms with E-state index in [2.05, 4.69) is 33.9 Å². The van der Waals surface area contributed by atoms with Gasteiger partial charge in [0.15, 0.2) is 0 Å². The first-order valence-electron chi connectivity index (χ1n) is 5.11. The van der Waals surface area contributed by atoms with Crippen molar-refractivity contribution in [3.05, 3.63) is 28.2 Å². The molecule has 100 valence electrons. The van der Waals surface area contributed by atoms with E-state index >= 15 is 0 Å². The van der Waals surface area contributed by atoms with E-state index in [1.54, 1.807) is 18.2 Å². The van der Waals surface area contributed by atoms with Crippen molar-refractivity contribution < 1.29 is 20.1 Å². The molecule has 0 spiro atoms. The number of rotatable bonds is 5. The van der Waals surface area contributed by atoms with Gasteiger partial charge in [-0.2, -0.15) is 0 Å². The van der Waals surface area contributed by atoms with Crippen LogP contribution >= 0.6 is 28.6 Å². The minimum absolute atomic E-state index is 0.293. The lowest BCUT2D eigenvalue weighted by Crippen LogP contribution is -2.57. The molecule has 0 unspecified atom stereocenters. The first kappa shape index (κ1) is 15.5. The molecule has 0 aliphatic carbocycles. The number of carbonyl (C=O) groups excluding carboxylic acids is 1. The molecule has 1 rings (SSSR count). The summed E-state index contributed by atoms with van der Waals surface area (Å²) >= 11 is 7.41. The molecule has 0 aromatic heterocycles. The van der Waals surface area contributed by atoms with Crippen LogP contribution in [0.25, 0.3) is 0 Å². The molecule has 1 aromatic carbocycles. The predicted molar refractivity (Wildman–Crippen MR) is 72.8 cm³/mol. The second kappa shape index (κ2) is 6.53. The molecule has 0 saturated heterocycles. The van der Waals surface area contributed by atoms with Gasteiger partial charge in [-0.1, -0.05) is 15.9 Å². The molecule has 7 heteroatoms. The van der Waals surface area contributed by atoms with E-state index in [9.17, 15) is 4.79 Å². The maximum atomic E-state index is 12.0. The van der Waals surface area contributed by atoms with Crippen LogP contribution in [0, 0.1) is 0 Å². The second-order valence-corrected chi connectivity index (χ2v) is 5.27. The number of carbonyl (C=O) groups is 1. The molecule has 0 saturated carbocycles. The van der Waals surface area contributed by atoms with Crippen LogP contribution in [0.3, 0.4) is 0 Å². The summed E-state index contributed by atoms with van der Waals surface area (Å²) in [5, 5.41) is 29.8. The number of benzene rings is 1. The Labute approximate surface area is 118 Å². The Balaban J connectivity index is 2.94. The molecule has 18 heavy (non-hydrogen) atoms. The Hall–Kier alpha value is -0.600. The number of nitrogens with one attached hydrogen (secondary N) is 1. The van der Waals surface area contributed by atoms with Gasteiger partial charge in [0, 0.05) is 9.37 Å². The van der Waals surface area contributed by atoms with E-state index in [0.717, 1.165) is 4.47 Å². The molecule has 1 amide bonds. The van der Waals surface area contributed by atoms with Crippen LogP contribution in [-0.2, 0) is 0 Å². The molecule has 4 N–H and O–H groups in total. The standard InChI is InChI=1S/C11H14BrNO4S/c12-7-1-2-8(9(18)3-7)10(17)13-11(4-14,5-15)6-16/h1-3,14-16,18H,4-6H2,(H,13,17). The number of amides is 1. The van der Waals surface area contributed by atoms with Gasteiger partial charge in [-0.25, -0.2) is 0 Å². The number of hydrogen-bond donors (Lipinski definition) is 5. The van der Waals surface area contributed by atoms with Crippen LogP contribution in [0.4, 0.5) is 0 Å². The SMILES string of the molecule is O=C(NC(CO)(CO)CO)c1ccc(Br)cc1S. The van der Waals surface area contributed by atoms with Crippen molar-refractivity contribution in [3.8, 4) is 0 Å². The minimum atomic E-state index is -1.44. The highest BCUT2D eigenvalue weighted by Crippen LogP contribution is 2.20. The van der Waals surface area contributed by atoms with Gasteiger partial charge in [0.05, 0.1) is 25.4 Å². The normalized spacial score (nSPS) is 11.4. The Kier molecular flexibility index (Phi) is 5.61. The predicted octanol–water partition coefficient (Wildman–Crippen LogP) is 0.183. The molecule has 0 heterocycles. The van der Waals surface area contributed by atoms with Crippen molar-refractivity contribution in [1.29, 1.82) is 0 Å².